The zero-order valence-corrected chi connectivity index (χ0v) is 14.5. The molecule has 2 aromatic carbocycles. The van der Waals surface area contributed by atoms with Crippen LogP contribution in [0.15, 0.2) is 60.9 Å². The number of rotatable bonds is 6. The summed E-state index contributed by atoms with van der Waals surface area (Å²) in [5, 5.41) is 14.2. The molecule has 0 unspecified atom stereocenters. The highest BCUT2D eigenvalue weighted by Gasteiger charge is 2.22. The molecule has 6 heteroatoms. The maximum Gasteiger partial charge on any atom is 0.326 e. The summed E-state index contributed by atoms with van der Waals surface area (Å²) < 4.78 is 0. The fourth-order valence-corrected chi connectivity index (χ4v) is 3.42. The number of aliphatic carboxylic acids is 1. The van der Waals surface area contributed by atoms with E-state index in [0.29, 0.717) is 0 Å². The zero-order chi connectivity index (χ0) is 18.8. The molecule has 27 heavy (non-hydrogen) atoms. The van der Waals surface area contributed by atoms with E-state index in [1.165, 1.54) is 0 Å². The van der Waals surface area contributed by atoms with Gasteiger partial charge in [-0.15, -0.1) is 0 Å². The van der Waals surface area contributed by atoms with Crippen molar-refractivity contribution in [3.63, 3.8) is 0 Å². The molecular weight excluding hydrogens is 342 g/mol. The molecule has 0 aliphatic rings. The van der Waals surface area contributed by atoms with Gasteiger partial charge in [0.1, 0.15) is 6.04 Å². The maximum atomic E-state index is 12.5. The smallest absolute Gasteiger partial charge is 0.326 e. The second-order valence-electron chi connectivity index (χ2n) is 6.56. The van der Waals surface area contributed by atoms with Gasteiger partial charge in [-0.25, -0.2) is 4.79 Å². The lowest BCUT2D eigenvalue weighted by atomic mass is 10.0. The van der Waals surface area contributed by atoms with Gasteiger partial charge in [0, 0.05) is 40.6 Å². The maximum absolute atomic E-state index is 12.5. The SMILES string of the molecule is O=C(Cc1c[nH]c2ccccc12)N[C@H](Cc1c[nH]c2ccccc12)C(=O)O. The Morgan fingerprint density at radius 3 is 2.07 bits per heavy atom. The molecule has 4 aromatic rings. The van der Waals surface area contributed by atoms with Gasteiger partial charge in [0.15, 0.2) is 0 Å². The number of para-hydroxylation sites is 2. The minimum atomic E-state index is -1.05. The molecule has 0 saturated carbocycles. The Labute approximate surface area is 155 Å². The van der Waals surface area contributed by atoms with Crippen LogP contribution in [0.4, 0.5) is 0 Å². The van der Waals surface area contributed by atoms with Crippen molar-refractivity contribution in [2.24, 2.45) is 0 Å². The molecule has 6 nitrogen and oxygen atoms in total. The fourth-order valence-electron chi connectivity index (χ4n) is 3.42. The number of aromatic amines is 2. The van der Waals surface area contributed by atoms with Gasteiger partial charge < -0.3 is 20.4 Å². The first-order valence-corrected chi connectivity index (χ1v) is 8.74. The quantitative estimate of drug-likeness (QED) is 0.425. The minimum absolute atomic E-state index is 0.127. The normalized spacial score (nSPS) is 12.3. The van der Waals surface area contributed by atoms with Gasteiger partial charge in [-0.3, -0.25) is 4.79 Å². The van der Waals surface area contributed by atoms with Crippen LogP contribution < -0.4 is 5.32 Å². The van der Waals surface area contributed by atoms with Crippen molar-refractivity contribution in [3.05, 3.63) is 72.1 Å². The number of amides is 1. The largest absolute Gasteiger partial charge is 0.480 e. The summed E-state index contributed by atoms with van der Waals surface area (Å²) in [6, 6.07) is 14.4. The number of carbonyl (C=O) groups is 2. The van der Waals surface area contributed by atoms with Crippen LogP contribution in [0.3, 0.4) is 0 Å². The summed E-state index contributed by atoms with van der Waals surface area (Å²) in [6.45, 7) is 0. The molecule has 2 heterocycles. The van der Waals surface area contributed by atoms with Crippen LogP contribution in [0.25, 0.3) is 21.8 Å². The Hall–Kier alpha value is -3.54. The second-order valence-corrected chi connectivity index (χ2v) is 6.56. The molecule has 0 spiro atoms. The highest BCUT2D eigenvalue weighted by molar-refractivity contribution is 5.91. The molecule has 0 aliphatic heterocycles. The predicted molar refractivity (Wildman–Crippen MR) is 104 cm³/mol. The molecule has 4 N–H and O–H groups in total. The first-order chi connectivity index (χ1) is 13.1. The minimum Gasteiger partial charge on any atom is -0.480 e. The van der Waals surface area contributed by atoms with Gasteiger partial charge in [-0.2, -0.15) is 0 Å². The number of hydrogen-bond acceptors (Lipinski definition) is 2. The van der Waals surface area contributed by atoms with E-state index in [4.69, 9.17) is 0 Å². The van der Waals surface area contributed by atoms with E-state index in [1.807, 2.05) is 48.5 Å². The average Bonchev–Trinajstić information content (AvgIpc) is 3.26. The molecule has 2 aromatic heterocycles. The molecular formula is C21H19N3O3. The van der Waals surface area contributed by atoms with Gasteiger partial charge in [0.2, 0.25) is 5.91 Å². The summed E-state index contributed by atoms with van der Waals surface area (Å²) in [5.41, 5.74) is 3.61. The lowest BCUT2D eigenvalue weighted by molar-refractivity contribution is -0.141. The van der Waals surface area contributed by atoms with E-state index in [9.17, 15) is 14.7 Å². The van der Waals surface area contributed by atoms with E-state index in [1.54, 1.807) is 12.4 Å². The Bertz CT molecular complexity index is 1130. The number of aromatic nitrogens is 2. The van der Waals surface area contributed by atoms with Crippen molar-refractivity contribution in [2.45, 2.75) is 18.9 Å². The van der Waals surface area contributed by atoms with Gasteiger partial charge in [0.05, 0.1) is 6.42 Å². The summed E-state index contributed by atoms with van der Waals surface area (Å²) >= 11 is 0. The molecule has 136 valence electrons. The van der Waals surface area contributed by atoms with Gasteiger partial charge >= 0.3 is 5.97 Å². The third kappa shape index (κ3) is 3.42. The number of carbonyl (C=O) groups excluding carboxylic acids is 1. The van der Waals surface area contributed by atoms with E-state index in [-0.39, 0.29) is 18.7 Å². The van der Waals surface area contributed by atoms with E-state index in [0.717, 1.165) is 32.9 Å². The summed E-state index contributed by atoms with van der Waals surface area (Å²) in [6.07, 6.45) is 3.94. The summed E-state index contributed by atoms with van der Waals surface area (Å²) in [4.78, 5) is 30.4. The number of fused-ring (bicyclic) bond motifs is 2. The predicted octanol–water partition coefficient (Wildman–Crippen LogP) is 3.00. The standard InChI is InChI=1S/C21H19N3O3/c25-20(10-14-12-23-18-8-4-2-6-16(14)18)24-19(21(26)27)9-13-11-22-17-7-3-1-5-15(13)17/h1-8,11-12,19,22-23H,9-10H2,(H,24,25)(H,26,27)/t19-/m1/s1. The molecule has 0 aliphatic carbocycles. The number of nitrogens with one attached hydrogen (secondary N) is 3. The van der Waals surface area contributed by atoms with Crippen molar-refractivity contribution in [1.29, 1.82) is 0 Å². The van der Waals surface area contributed by atoms with Crippen molar-refractivity contribution in [1.82, 2.24) is 15.3 Å². The lowest BCUT2D eigenvalue weighted by Gasteiger charge is -2.14. The molecule has 1 amide bonds. The highest BCUT2D eigenvalue weighted by atomic mass is 16.4. The fraction of sp³-hybridized carbons (Fsp3) is 0.143. The van der Waals surface area contributed by atoms with Gasteiger partial charge in [0.25, 0.3) is 0 Å². The Balaban J connectivity index is 1.49. The van der Waals surface area contributed by atoms with E-state index >= 15 is 0 Å². The van der Waals surface area contributed by atoms with E-state index < -0.39 is 12.0 Å². The van der Waals surface area contributed by atoms with Crippen LogP contribution in [0, 0.1) is 0 Å². The zero-order valence-electron chi connectivity index (χ0n) is 14.5. The van der Waals surface area contributed by atoms with Gasteiger partial charge in [-0.05, 0) is 23.3 Å². The highest BCUT2D eigenvalue weighted by Crippen LogP contribution is 2.20. The first-order valence-electron chi connectivity index (χ1n) is 8.74. The monoisotopic (exact) mass is 361 g/mol. The van der Waals surface area contributed by atoms with E-state index in [2.05, 4.69) is 15.3 Å². The molecule has 0 radical (unpaired) electrons. The van der Waals surface area contributed by atoms with Gasteiger partial charge in [-0.1, -0.05) is 36.4 Å². The number of carboxylic acids is 1. The van der Waals surface area contributed by atoms with Crippen molar-refractivity contribution < 1.29 is 14.7 Å². The van der Waals surface area contributed by atoms with Crippen LogP contribution in [0.1, 0.15) is 11.1 Å². The number of benzene rings is 2. The Kier molecular flexibility index (Phi) is 4.38. The molecule has 1 atom stereocenters. The topological polar surface area (TPSA) is 98.0 Å². The van der Waals surface area contributed by atoms with Crippen molar-refractivity contribution >= 4 is 33.7 Å². The van der Waals surface area contributed by atoms with Crippen molar-refractivity contribution in [3.8, 4) is 0 Å². The molecule has 0 fully saturated rings. The third-order valence-electron chi connectivity index (χ3n) is 4.76. The van der Waals surface area contributed by atoms with Crippen LogP contribution in [-0.2, 0) is 22.4 Å². The van der Waals surface area contributed by atoms with Crippen LogP contribution in [0.5, 0.6) is 0 Å². The summed E-state index contributed by atoms with van der Waals surface area (Å²) in [5.74, 6) is -1.36. The second kappa shape index (κ2) is 6.99. The third-order valence-corrected chi connectivity index (χ3v) is 4.76. The molecule has 0 saturated heterocycles. The molecule has 4 rings (SSSR count). The van der Waals surface area contributed by atoms with Crippen LogP contribution >= 0.6 is 0 Å². The number of carboxylic acid groups (broad SMARTS) is 1. The summed E-state index contributed by atoms with van der Waals surface area (Å²) in [7, 11) is 0. The van der Waals surface area contributed by atoms with Crippen LogP contribution in [0.2, 0.25) is 0 Å². The number of H-pyrrole nitrogens is 2. The molecule has 0 bridgehead atoms. The van der Waals surface area contributed by atoms with Crippen molar-refractivity contribution in [2.75, 3.05) is 0 Å². The Morgan fingerprint density at radius 1 is 0.889 bits per heavy atom. The average molecular weight is 361 g/mol. The lowest BCUT2D eigenvalue weighted by Crippen LogP contribution is -2.43. The Morgan fingerprint density at radius 2 is 1.44 bits per heavy atom. The number of hydrogen-bond donors (Lipinski definition) is 4. The van der Waals surface area contributed by atoms with Crippen LogP contribution in [-0.4, -0.2) is 33.0 Å². The first kappa shape index (κ1) is 16.9.